The van der Waals surface area contributed by atoms with Gasteiger partial charge < -0.3 is 24.8 Å². The maximum atomic E-state index is 17.4. The highest BCUT2D eigenvalue weighted by Gasteiger charge is 2.64. The SMILES string of the molecule is CC(C)(C)OC(=O)NCCCC[C@H](NC(=O)OC(C)(C)C)C(=O)OC1(C(F)(F)c2ccc(C#Cc3ccc(F)cc3)cn2)Cn2nnnc2-c2cc(F)ccc21. The molecule has 0 aliphatic carbocycles. The summed E-state index contributed by atoms with van der Waals surface area (Å²) in [5.41, 5.74) is -5.25. The van der Waals surface area contributed by atoms with E-state index in [4.69, 9.17) is 14.2 Å². The number of benzene rings is 2. The Balaban J connectivity index is 1.49. The van der Waals surface area contributed by atoms with Crippen molar-refractivity contribution in [1.82, 2.24) is 35.8 Å². The molecule has 2 aromatic carbocycles. The number of tetrazole rings is 1. The van der Waals surface area contributed by atoms with Crippen LogP contribution in [0.3, 0.4) is 0 Å². The predicted molar refractivity (Wildman–Crippen MR) is 193 cm³/mol. The van der Waals surface area contributed by atoms with E-state index >= 15 is 8.78 Å². The molecule has 17 heteroatoms. The molecular formula is C39H41F4N7O6. The summed E-state index contributed by atoms with van der Waals surface area (Å²) >= 11 is 0. The van der Waals surface area contributed by atoms with E-state index in [1.807, 2.05) is 0 Å². The van der Waals surface area contributed by atoms with Crippen molar-refractivity contribution in [3.8, 4) is 23.2 Å². The number of hydrogen-bond acceptors (Lipinski definition) is 10. The first-order chi connectivity index (χ1) is 26.3. The second-order valence-electron chi connectivity index (χ2n) is 15.0. The molecule has 3 heterocycles. The van der Waals surface area contributed by atoms with Crippen LogP contribution in [0.25, 0.3) is 11.4 Å². The molecular weight excluding hydrogens is 738 g/mol. The molecule has 1 aliphatic rings. The van der Waals surface area contributed by atoms with E-state index < -0.39 is 70.8 Å². The lowest BCUT2D eigenvalue weighted by Gasteiger charge is -2.43. The number of fused-ring (bicyclic) bond motifs is 3. The molecule has 2 atom stereocenters. The van der Waals surface area contributed by atoms with Crippen LogP contribution in [0.1, 0.15) is 83.2 Å². The third kappa shape index (κ3) is 9.97. The number of ether oxygens (including phenoxy) is 3. The van der Waals surface area contributed by atoms with Crippen molar-refractivity contribution in [3.63, 3.8) is 0 Å². The number of nitrogens with zero attached hydrogens (tertiary/aromatic N) is 5. The summed E-state index contributed by atoms with van der Waals surface area (Å²) in [6.45, 7) is 9.24. The lowest BCUT2D eigenvalue weighted by atomic mass is 9.79. The smallest absolute Gasteiger partial charge is 0.408 e. The van der Waals surface area contributed by atoms with E-state index in [0.29, 0.717) is 12.0 Å². The van der Waals surface area contributed by atoms with Gasteiger partial charge in [-0.3, -0.25) is 4.98 Å². The molecule has 13 nitrogen and oxygen atoms in total. The Morgan fingerprint density at radius 2 is 1.52 bits per heavy atom. The van der Waals surface area contributed by atoms with Gasteiger partial charge in [-0.25, -0.2) is 27.8 Å². The van der Waals surface area contributed by atoms with E-state index in [1.54, 1.807) is 41.5 Å². The normalized spacial score (nSPS) is 15.6. The summed E-state index contributed by atoms with van der Waals surface area (Å²) in [5, 5.41) is 16.3. The number of esters is 1. The number of amides is 2. The Morgan fingerprint density at radius 1 is 0.875 bits per heavy atom. The maximum Gasteiger partial charge on any atom is 0.408 e. The van der Waals surface area contributed by atoms with Crippen LogP contribution in [0.15, 0.2) is 60.8 Å². The van der Waals surface area contributed by atoms with Crippen LogP contribution >= 0.6 is 0 Å². The fourth-order valence-electron chi connectivity index (χ4n) is 5.73. The average molecular weight is 780 g/mol. The fraction of sp³-hybridized carbons (Fsp3) is 0.410. The van der Waals surface area contributed by atoms with Crippen LogP contribution in [0.2, 0.25) is 0 Å². The van der Waals surface area contributed by atoms with Gasteiger partial charge in [0.05, 0.1) is 6.54 Å². The molecule has 296 valence electrons. The van der Waals surface area contributed by atoms with Crippen LogP contribution in [0.5, 0.6) is 0 Å². The van der Waals surface area contributed by atoms with Crippen molar-refractivity contribution in [1.29, 1.82) is 0 Å². The zero-order chi connectivity index (χ0) is 40.9. The second kappa shape index (κ2) is 16.4. The van der Waals surface area contributed by atoms with Crippen molar-refractivity contribution in [2.45, 2.75) is 96.1 Å². The monoisotopic (exact) mass is 779 g/mol. The summed E-state index contributed by atoms with van der Waals surface area (Å²) in [6.07, 6.45) is -0.182. The molecule has 5 rings (SSSR count). The van der Waals surface area contributed by atoms with E-state index in [-0.39, 0.29) is 41.9 Å². The molecule has 1 aliphatic heterocycles. The van der Waals surface area contributed by atoms with Crippen molar-refractivity contribution >= 4 is 18.2 Å². The minimum absolute atomic E-state index is 0.0535. The number of hydrogen-bond donors (Lipinski definition) is 2. The zero-order valence-corrected chi connectivity index (χ0v) is 31.6. The molecule has 0 saturated carbocycles. The molecule has 0 radical (unpaired) electrons. The molecule has 2 N–H and O–H groups in total. The number of aromatic nitrogens is 5. The Kier molecular flexibility index (Phi) is 12.0. The molecule has 0 fully saturated rings. The average Bonchev–Trinajstić information content (AvgIpc) is 3.58. The van der Waals surface area contributed by atoms with Gasteiger partial charge in [-0.15, -0.1) is 5.10 Å². The van der Waals surface area contributed by atoms with Gasteiger partial charge in [0.15, 0.2) is 5.82 Å². The summed E-state index contributed by atoms with van der Waals surface area (Å²) in [4.78, 5) is 43.3. The van der Waals surface area contributed by atoms with Gasteiger partial charge in [-0.1, -0.05) is 17.9 Å². The molecule has 1 unspecified atom stereocenters. The van der Waals surface area contributed by atoms with Gasteiger partial charge >= 0.3 is 24.1 Å². The summed E-state index contributed by atoms with van der Waals surface area (Å²) in [7, 11) is 0. The van der Waals surface area contributed by atoms with E-state index in [9.17, 15) is 23.2 Å². The first-order valence-corrected chi connectivity index (χ1v) is 17.6. The molecule has 2 aromatic heterocycles. The number of halogens is 4. The topological polar surface area (TPSA) is 159 Å². The molecule has 0 spiro atoms. The lowest BCUT2D eigenvalue weighted by molar-refractivity contribution is -0.233. The number of carbonyl (C=O) groups is 3. The van der Waals surface area contributed by atoms with Crippen molar-refractivity contribution in [2.75, 3.05) is 6.54 Å². The highest BCUT2D eigenvalue weighted by Crippen LogP contribution is 2.53. The van der Waals surface area contributed by atoms with Gasteiger partial charge in [0.25, 0.3) is 0 Å². The van der Waals surface area contributed by atoms with Crippen molar-refractivity contribution in [3.05, 3.63) is 94.8 Å². The number of unbranched alkanes of at least 4 members (excludes halogenated alkanes) is 1. The van der Waals surface area contributed by atoms with E-state index in [0.717, 1.165) is 35.1 Å². The number of alkyl halides is 2. The number of carbonyl (C=O) groups excluding carboxylic acids is 3. The van der Waals surface area contributed by atoms with Crippen LogP contribution in [0.4, 0.5) is 27.2 Å². The minimum Gasteiger partial charge on any atom is -0.444 e. The quantitative estimate of drug-likeness (QED) is 0.0595. The largest absolute Gasteiger partial charge is 0.444 e. The van der Waals surface area contributed by atoms with Crippen LogP contribution in [-0.4, -0.2) is 67.1 Å². The van der Waals surface area contributed by atoms with E-state index in [2.05, 4.69) is 43.0 Å². The first kappa shape index (κ1) is 41.1. The third-order valence-electron chi connectivity index (χ3n) is 8.19. The Bertz CT molecular complexity index is 2120. The number of pyridine rings is 1. The summed E-state index contributed by atoms with van der Waals surface area (Å²) in [6, 6.07) is 9.09. The molecule has 0 bridgehead atoms. The highest BCUT2D eigenvalue weighted by atomic mass is 19.3. The van der Waals surface area contributed by atoms with Crippen LogP contribution < -0.4 is 10.6 Å². The van der Waals surface area contributed by atoms with Crippen molar-refractivity contribution in [2.24, 2.45) is 0 Å². The summed E-state index contributed by atoms with van der Waals surface area (Å²) in [5.74, 6) is -1.14. The Morgan fingerprint density at radius 3 is 2.18 bits per heavy atom. The van der Waals surface area contributed by atoms with Gasteiger partial charge in [-0.05, 0) is 120 Å². The van der Waals surface area contributed by atoms with E-state index in [1.165, 1.54) is 30.3 Å². The zero-order valence-electron chi connectivity index (χ0n) is 31.6. The maximum absolute atomic E-state index is 17.4. The Labute approximate surface area is 320 Å². The standard InChI is InChI=1S/C39H41F4N7O6/c1-36(2,3)55-34(52)44-20-8-7-9-30(46-35(53)56-37(4,5)6)33(51)54-38(23-50-32(47-48-49-50)28-21-27(41)17-18-29(28)38)39(42,43)31-19-14-25(22-45-31)11-10-24-12-15-26(40)16-13-24/h12-19,21-22,30H,7-9,20,23H2,1-6H3,(H,44,52)(H,46,53)/t30-,38?/m0/s1. The second-order valence-corrected chi connectivity index (χ2v) is 15.0. The van der Waals surface area contributed by atoms with Gasteiger partial charge in [0, 0.05) is 35.0 Å². The molecule has 56 heavy (non-hydrogen) atoms. The summed E-state index contributed by atoms with van der Waals surface area (Å²) < 4.78 is 80.3. The number of nitrogens with one attached hydrogen (secondary N) is 2. The lowest BCUT2D eigenvalue weighted by Crippen LogP contribution is -2.55. The van der Waals surface area contributed by atoms with Gasteiger partial charge in [-0.2, -0.15) is 8.78 Å². The molecule has 4 aromatic rings. The number of alkyl carbamates (subject to hydrolysis) is 2. The number of rotatable bonds is 10. The van der Waals surface area contributed by atoms with Crippen molar-refractivity contribution < 1.29 is 46.2 Å². The third-order valence-corrected chi connectivity index (χ3v) is 8.19. The predicted octanol–water partition coefficient (Wildman–Crippen LogP) is 6.55. The Hall–Kier alpha value is -6.05. The van der Waals surface area contributed by atoms with Gasteiger partial charge in [0.1, 0.15) is 34.6 Å². The minimum atomic E-state index is -4.16. The fourth-order valence-corrected chi connectivity index (χ4v) is 5.73. The highest BCUT2D eigenvalue weighted by molar-refractivity contribution is 5.82. The first-order valence-electron chi connectivity index (χ1n) is 17.6. The van der Waals surface area contributed by atoms with Crippen LogP contribution in [-0.2, 0) is 37.1 Å². The molecule has 0 saturated heterocycles. The van der Waals surface area contributed by atoms with Crippen LogP contribution in [0, 0.1) is 23.5 Å². The van der Waals surface area contributed by atoms with Gasteiger partial charge in [0.2, 0.25) is 5.60 Å². The molecule has 2 amide bonds.